The highest BCUT2D eigenvalue weighted by molar-refractivity contribution is 6.25. The Bertz CT molecular complexity index is 1350. The molecule has 10 N–H and O–H groups in total. The number of hydrogen-bond acceptors (Lipinski definition) is 13. The number of fused-ring (bicyclic) bond motifs is 3. The van der Waals surface area contributed by atoms with Gasteiger partial charge in [0, 0.05) is 17.4 Å². The van der Waals surface area contributed by atoms with Crippen molar-refractivity contribution in [3.05, 3.63) is 46.2 Å². The number of benzene rings is 1. The molecule has 1 fully saturated rings. The van der Waals surface area contributed by atoms with Crippen LogP contribution in [0.4, 0.5) is 0 Å². The molecule has 42 heavy (non-hydrogen) atoms. The predicted octanol–water partition coefficient (Wildman–Crippen LogP) is -2.06. The van der Waals surface area contributed by atoms with Crippen molar-refractivity contribution in [3.63, 3.8) is 0 Å². The van der Waals surface area contributed by atoms with Crippen LogP contribution in [-0.4, -0.2) is 121 Å². The summed E-state index contributed by atoms with van der Waals surface area (Å²) in [6, 6.07) is 2.83. The molecule has 0 spiro atoms. The van der Waals surface area contributed by atoms with E-state index in [1.807, 2.05) is 0 Å². The van der Waals surface area contributed by atoms with Gasteiger partial charge in [-0.25, -0.2) is 0 Å². The van der Waals surface area contributed by atoms with E-state index in [-0.39, 0.29) is 30.0 Å². The lowest BCUT2D eigenvalue weighted by Crippen LogP contribution is -2.67. The molecule has 1 amide bonds. The molecule has 1 aromatic carbocycles. The summed E-state index contributed by atoms with van der Waals surface area (Å²) >= 11 is 0. The zero-order valence-corrected chi connectivity index (χ0v) is 24.0. The minimum Gasteiger partial charge on any atom is -0.508 e. The third-order valence-corrected chi connectivity index (χ3v) is 8.62. The summed E-state index contributed by atoms with van der Waals surface area (Å²) in [5, 5.41) is 89.5. The summed E-state index contributed by atoms with van der Waals surface area (Å²) in [6.07, 6.45) is -0.273. The molecule has 0 radical (unpaired) electrons. The van der Waals surface area contributed by atoms with Gasteiger partial charge in [-0.2, -0.15) is 0 Å². The van der Waals surface area contributed by atoms with Crippen LogP contribution in [0.15, 0.2) is 35.1 Å². The highest BCUT2D eigenvalue weighted by atomic mass is 35.5. The maximum Gasteiger partial charge on any atom is 0.259 e. The highest BCUT2D eigenvalue weighted by Crippen LogP contribution is 2.57. The first-order chi connectivity index (χ1) is 19.1. The average Bonchev–Trinajstić information content (AvgIpc) is 2.92. The van der Waals surface area contributed by atoms with Crippen LogP contribution in [0, 0.1) is 11.8 Å². The Hall–Kier alpha value is -3.08. The van der Waals surface area contributed by atoms with Gasteiger partial charge in [0.2, 0.25) is 5.78 Å². The number of Topliss-reactive ketones (excluding diaryl/α,β-unsaturated/α-hetero) is 2. The summed E-state index contributed by atoms with van der Waals surface area (Å²) < 4.78 is 0. The van der Waals surface area contributed by atoms with Crippen LogP contribution in [0.3, 0.4) is 0 Å². The largest absolute Gasteiger partial charge is 0.508 e. The van der Waals surface area contributed by atoms with Crippen molar-refractivity contribution >= 4 is 35.6 Å². The number of aliphatic hydroxyl groups excluding tert-OH is 5. The third-order valence-electron chi connectivity index (χ3n) is 8.62. The Balaban J connectivity index is 0.00000484. The molecule has 3 aliphatic rings. The van der Waals surface area contributed by atoms with Crippen LogP contribution in [-0.2, 0) is 20.0 Å². The molecule has 0 unspecified atom stereocenters. The van der Waals surface area contributed by atoms with Crippen molar-refractivity contribution in [3.8, 4) is 5.75 Å². The summed E-state index contributed by atoms with van der Waals surface area (Å²) in [4.78, 5) is 42.2. The van der Waals surface area contributed by atoms with Gasteiger partial charge in [-0.05, 0) is 39.1 Å². The lowest BCUT2D eigenvalue weighted by Gasteiger charge is -2.53. The first-order valence-electron chi connectivity index (χ1n) is 12.9. The number of phenols is 1. The smallest absolute Gasteiger partial charge is 0.259 e. The van der Waals surface area contributed by atoms with Gasteiger partial charge in [-0.3, -0.25) is 24.6 Å². The number of hydrogen-bond donors (Lipinski definition) is 10. The van der Waals surface area contributed by atoms with Gasteiger partial charge >= 0.3 is 0 Å². The van der Waals surface area contributed by atoms with Crippen LogP contribution >= 0.6 is 12.4 Å². The fourth-order valence-electron chi connectivity index (χ4n) is 6.20. The fraction of sp³-hybridized carbons (Fsp3) is 0.519. The minimum atomic E-state index is -2.87. The predicted molar refractivity (Wildman–Crippen MR) is 148 cm³/mol. The molecule has 232 valence electrons. The Morgan fingerprint density at radius 2 is 1.67 bits per heavy atom. The number of rotatable bonds is 8. The summed E-state index contributed by atoms with van der Waals surface area (Å²) in [6.45, 7) is -1.24. The number of likely N-dealkylation sites (N-methyl/N-ethyl adjacent to an activating group) is 1. The van der Waals surface area contributed by atoms with Crippen molar-refractivity contribution in [2.24, 2.45) is 11.8 Å². The first kappa shape index (κ1) is 33.4. The molecule has 0 saturated heterocycles. The van der Waals surface area contributed by atoms with Gasteiger partial charge in [-0.15, -0.1) is 12.4 Å². The molecule has 15 heteroatoms. The van der Waals surface area contributed by atoms with Gasteiger partial charge in [0.05, 0.1) is 49.2 Å². The second kappa shape index (κ2) is 11.5. The van der Waals surface area contributed by atoms with E-state index < -0.39 is 107 Å². The number of ketones is 2. The van der Waals surface area contributed by atoms with E-state index in [2.05, 4.69) is 10.6 Å². The van der Waals surface area contributed by atoms with E-state index in [0.717, 1.165) is 0 Å². The molecule has 4 rings (SSSR count). The van der Waals surface area contributed by atoms with Crippen molar-refractivity contribution in [1.29, 1.82) is 0 Å². The number of aromatic hydroxyl groups is 1. The van der Waals surface area contributed by atoms with Crippen molar-refractivity contribution in [2.75, 3.05) is 40.6 Å². The Morgan fingerprint density at radius 3 is 2.21 bits per heavy atom. The molecule has 5 atom stereocenters. The SMILES string of the molecule is CN(C)[C@@H]1C(=O)C(C(=O)NCNC(CO)(CO)CO)=C(O)[C@@]2(O)C(=O)C3=C(O)c4c(O)cccc4[C@@](C)(O)[C@H]3C[C@@H]12.Cl. The fourth-order valence-corrected chi connectivity index (χ4v) is 6.20. The van der Waals surface area contributed by atoms with Crippen molar-refractivity contribution in [1.82, 2.24) is 15.5 Å². The number of nitrogens with zero attached hydrogens (tertiary/aromatic N) is 1. The van der Waals surface area contributed by atoms with E-state index in [1.165, 1.54) is 44.1 Å². The molecule has 0 heterocycles. The second-order valence-electron chi connectivity index (χ2n) is 11.2. The number of carbonyl (C=O) groups excluding carboxylic acids is 3. The minimum absolute atomic E-state index is 0. The van der Waals surface area contributed by atoms with E-state index in [9.17, 15) is 55.2 Å². The van der Waals surface area contributed by atoms with Gasteiger partial charge < -0.3 is 46.2 Å². The number of carbonyl (C=O) groups is 3. The zero-order chi connectivity index (χ0) is 30.7. The van der Waals surface area contributed by atoms with Gasteiger partial charge in [0.15, 0.2) is 11.4 Å². The topological polar surface area (TPSA) is 240 Å². The average molecular weight is 614 g/mol. The number of amides is 1. The molecular formula is C27H36ClN3O11. The van der Waals surface area contributed by atoms with Crippen LogP contribution in [0.1, 0.15) is 24.5 Å². The Labute approximate surface area is 247 Å². The lowest BCUT2D eigenvalue weighted by molar-refractivity contribution is -0.159. The molecule has 0 aromatic heterocycles. The summed E-state index contributed by atoms with van der Waals surface area (Å²) in [5.74, 6) is -8.26. The maximum absolute atomic E-state index is 14.0. The van der Waals surface area contributed by atoms with E-state index in [1.54, 1.807) is 0 Å². The van der Waals surface area contributed by atoms with E-state index in [0.29, 0.717) is 0 Å². The van der Waals surface area contributed by atoms with Crippen LogP contribution in [0.5, 0.6) is 5.75 Å². The molecule has 1 saturated carbocycles. The van der Waals surface area contributed by atoms with E-state index >= 15 is 0 Å². The Kier molecular flexibility index (Phi) is 9.18. The van der Waals surface area contributed by atoms with Gasteiger partial charge in [0.1, 0.15) is 22.8 Å². The number of nitrogens with one attached hydrogen (secondary N) is 2. The second-order valence-corrected chi connectivity index (χ2v) is 11.2. The van der Waals surface area contributed by atoms with Crippen molar-refractivity contribution in [2.45, 2.75) is 36.1 Å². The number of halogens is 1. The number of phenolic OH excluding ortho intramolecular Hbond substituents is 1. The maximum atomic E-state index is 14.0. The van der Waals surface area contributed by atoms with Crippen LogP contribution < -0.4 is 10.6 Å². The monoisotopic (exact) mass is 613 g/mol. The molecule has 1 aromatic rings. The first-order valence-corrected chi connectivity index (χ1v) is 12.9. The van der Waals surface area contributed by atoms with Gasteiger partial charge in [-0.1, -0.05) is 12.1 Å². The van der Waals surface area contributed by atoms with Crippen LogP contribution in [0.2, 0.25) is 0 Å². The standard InChI is InChI=1S/C27H35N3O11.ClH/c1-25(40)12-5-4-6-15(34)16(12)20(35)17-13(25)7-14-19(30(2)3)21(36)18(23(38)27(14,41)22(17)37)24(39)28-11-29-26(8-31,9-32)10-33;/h4-6,13-14,19,29,31-35,38,40-41H,7-11H2,1-3H3,(H,28,39);1H/t13-,14-,19-,25+,27-;/m0./s1. The zero-order valence-electron chi connectivity index (χ0n) is 23.2. The molecule has 0 bridgehead atoms. The van der Waals surface area contributed by atoms with Gasteiger partial charge in [0.25, 0.3) is 5.91 Å². The molecule has 3 aliphatic carbocycles. The summed E-state index contributed by atoms with van der Waals surface area (Å²) in [5.41, 5.74) is -7.77. The normalized spacial score (nSPS) is 29.1. The number of aliphatic hydroxyl groups is 7. The lowest BCUT2D eigenvalue weighted by atomic mass is 9.54. The summed E-state index contributed by atoms with van der Waals surface area (Å²) in [7, 11) is 2.94. The molecular weight excluding hydrogens is 578 g/mol. The Morgan fingerprint density at radius 1 is 1.07 bits per heavy atom. The molecule has 0 aliphatic heterocycles. The van der Waals surface area contributed by atoms with Crippen LogP contribution in [0.25, 0.3) is 5.76 Å². The third kappa shape index (κ3) is 4.68. The van der Waals surface area contributed by atoms with E-state index in [4.69, 9.17) is 0 Å². The quantitative estimate of drug-likeness (QED) is 0.112. The van der Waals surface area contributed by atoms with Crippen molar-refractivity contribution < 1.29 is 55.2 Å². The highest BCUT2D eigenvalue weighted by Gasteiger charge is 2.66. The molecule has 14 nitrogen and oxygen atoms in total.